The molecule has 0 aliphatic rings. The molecule has 0 radical (unpaired) electrons. The van der Waals surface area contributed by atoms with Crippen molar-refractivity contribution in [3.05, 3.63) is 29.3 Å². The number of nitrogens with two attached hydrogens (primary N) is 1. The van der Waals surface area contributed by atoms with Crippen molar-refractivity contribution in [1.82, 2.24) is 24.8 Å². The molecule has 0 spiro atoms. The van der Waals surface area contributed by atoms with E-state index in [0.717, 1.165) is 5.69 Å². The first-order valence-corrected chi connectivity index (χ1v) is 6.90. The number of aromatic nitrogens is 5. The lowest BCUT2D eigenvalue weighted by Gasteiger charge is -2.05. The third kappa shape index (κ3) is 3.27. The molecule has 2 aromatic heterocycles. The zero-order valence-corrected chi connectivity index (χ0v) is 12.5. The predicted molar refractivity (Wildman–Crippen MR) is 75.6 cm³/mol. The van der Waals surface area contributed by atoms with Crippen LogP contribution in [0.2, 0.25) is 0 Å². The van der Waals surface area contributed by atoms with Crippen molar-refractivity contribution in [1.29, 1.82) is 0 Å². The average molecular weight is 292 g/mol. The van der Waals surface area contributed by atoms with Gasteiger partial charge in [0.25, 0.3) is 0 Å². The smallest absolute Gasteiger partial charge is 0.360 e. The van der Waals surface area contributed by atoms with E-state index in [0.29, 0.717) is 18.3 Å². The monoisotopic (exact) mass is 292 g/mol. The third-order valence-electron chi connectivity index (χ3n) is 3.00. The highest BCUT2D eigenvalue weighted by Crippen LogP contribution is 2.10. The molecule has 0 aliphatic heterocycles. The Balaban J connectivity index is 2.21. The van der Waals surface area contributed by atoms with Crippen molar-refractivity contribution in [2.75, 3.05) is 6.61 Å². The maximum absolute atomic E-state index is 11.8. The molecule has 2 heterocycles. The Hall–Kier alpha value is -2.22. The quantitative estimate of drug-likeness (QED) is 0.788. The second-order valence-electron chi connectivity index (χ2n) is 4.85. The maximum Gasteiger partial charge on any atom is 0.360 e. The van der Waals surface area contributed by atoms with E-state index in [1.807, 2.05) is 16.9 Å². The first-order valence-electron chi connectivity index (χ1n) is 6.90. The number of hydrogen-bond acceptors (Lipinski definition) is 6. The van der Waals surface area contributed by atoms with E-state index >= 15 is 0 Å². The molecule has 0 saturated heterocycles. The molecule has 8 heteroatoms. The molecule has 0 aliphatic carbocycles. The lowest BCUT2D eigenvalue weighted by molar-refractivity contribution is 0.0518. The van der Waals surface area contributed by atoms with Gasteiger partial charge in [-0.1, -0.05) is 5.21 Å². The summed E-state index contributed by atoms with van der Waals surface area (Å²) in [6.45, 7) is 6.70. The second kappa shape index (κ2) is 6.49. The van der Waals surface area contributed by atoms with Gasteiger partial charge in [0, 0.05) is 18.8 Å². The molecule has 21 heavy (non-hydrogen) atoms. The number of hydrogen-bond donors (Lipinski definition) is 1. The van der Waals surface area contributed by atoms with Crippen LogP contribution in [0.4, 0.5) is 0 Å². The van der Waals surface area contributed by atoms with Gasteiger partial charge in [0.15, 0.2) is 5.69 Å². The zero-order valence-electron chi connectivity index (χ0n) is 12.5. The Morgan fingerprint density at radius 3 is 2.81 bits per heavy atom. The van der Waals surface area contributed by atoms with E-state index in [4.69, 9.17) is 10.5 Å². The number of ether oxygens (including phenoxy) is 1. The lowest BCUT2D eigenvalue weighted by Crippen LogP contribution is -2.15. The van der Waals surface area contributed by atoms with Crippen LogP contribution in [0.1, 0.15) is 48.7 Å². The van der Waals surface area contributed by atoms with Crippen molar-refractivity contribution in [3.63, 3.8) is 0 Å². The molecule has 0 aromatic carbocycles. The van der Waals surface area contributed by atoms with E-state index in [1.54, 1.807) is 11.6 Å². The van der Waals surface area contributed by atoms with Crippen LogP contribution in [-0.2, 0) is 17.8 Å². The minimum absolute atomic E-state index is 0.159. The summed E-state index contributed by atoms with van der Waals surface area (Å²) in [5, 5.41) is 12.3. The van der Waals surface area contributed by atoms with Gasteiger partial charge < -0.3 is 10.5 Å². The van der Waals surface area contributed by atoms with Crippen LogP contribution in [0.5, 0.6) is 0 Å². The Morgan fingerprint density at radius 2 is 2.24 bits per heavy atom. The van der Waals surface area contributed by atoms with Crippen LogP contribution >= 0.6 is 0 Å². The summed E-state index contributed by atoms with van der Waals surface area (Å²) in [5.41, 5.74) is 7.25. The summed E-state index contributed by atoms with van der Waals surface area (Å²) in [6.07, 6.45) is 1.91. The van der Waals surface area contributed by atoms with Crippen LogP contribution < -0.4 is 5.73 Å². The van der Waals surface area contributed by atoms with E-state index in [2.05, 4.69) is 29.3 Å². The predicted octanol–water partition coefficient (Wildman–Crippen LogP) is 0.739. The van der Waals surface area contributed by atoms with Gasteiger partial charge in [-0.2, -0.15) is 5.10 Å². The van der Waals surface area contributed by atoms with Crippen LogP contribution in [-0.4, -0.2) is 37.4 Å². The Kier molecular flexibility index (Phi) is 4.69. The van der Waals surface area contributed by atoms with Crippen LogP contribution in [0, 0.1) is 0 Å². The lowest BCUT2D eigenvalue weighted by atomic mass is 10.3. The van der Waals surface area contributed by atoms with Gasteiger partial charge in [-0.25, -0.2) is 9.48 Å². The largest absolute Gasteiger partial charge is 0.461 e. The fourth-order valence-electron chi connectivity index (χ4n) is 1.92. The first-order chi connectivity index (χ1) is 10.1. The molecule has 0 unspecified atom stereocenters. The average Bonchev–Trinajstić information content (AvgIpc) is 3.06. The molecule has 0 amide bonds. The van der Waals surface area contributed by atoms with Crippen LogP contribution in [0.3, 0.4) is 0 Å². The molecular weight excluding hydrogens is 272 g/mol. The highest BCUT2D eigenvalue weighted by atomic mass is 16.5. The molecule has 0 atom stereocenters. The number of carbonyl (C=O) groups excluding carboxylic acids is 1. The number of esters is 1. The maximum atomic E-state index is 11.8. The molecule has 2 N–H and O–H groups in total. The third-order valence-corrected chi connectivity index (χ3v) is 3.00. The molecule has 2 rings (SSSR count). The van der Waals surface area contributed by atoms with Crippen molar-refractivity contribution in [3.8, 4) is 0 Å². The number of carbonyl (C=O) groups is 1. The zero-order chi connectivity index (χ0) is 15.4. The summed E-state index contributed by atoms with van der Waals surface area (Å²) in [7, 11) is 0. The normalized spacial score (nSPS) is 11.1. The second-order valence-corrected chi connectivity index (χ2v) is 4.85. The molecule has 114 valence electrons. The van der Waals surface area contributed by atoms with Crippen molar-refractivity contribution < 1.29 is 9.53 Å². The van der Waals surface area contributed by atoms with Gasteiger partial charge in [-0.05, 0) is 26.8 Å². The number of rotatable bonds is 6. The van der Waals surface area contributed by atoms with Gasteiger partial charge >= 0.3 is 5.97 Å². The Labute approximate surface area is 122 Å². The molecule has 0 fully saturated rings. The molecule has 0 saturated carbocycles. The highest BCUT2D eigenvalue weighted by molar-refractivity contribution is 5.88. The Morgan fingerprint density at radius 1 is 1.48 bits per heavy atom. The highest BCUT2D eigenvalue weighted by Gasteiger charge is 2.20. The van der Waals surface area contributed by atoms with Gasteiger partial charge in [0.2, 0.25) is 0 Å². The summed E-state index contributed by atoms with van der Waals surface area (Å²) < 4.78 is 8.38. The number of nitrogens with zero attached hydrogens (tertiary/aromatic N) is 5. The van der Waals surface area contributed by atoms with E-state index < -0.39 is 5.97 Å². The van der Waals surface area contributed by atoms with E-state index in [9.17, 15) is 4.79 Å². The van der Waals surface area contributed by atoms with Gasteiger partial charge in [-0.3, -0.25) is 4.68 Å². The fraction of sp³-hybridized carbons (Fsp3) is 0.538. The summed E-state index contributed by atoms with van der Waals surface area (Å²) in [5.74, 6) is -0.503. The van der Waals surface area contributed by atoms with Gasteiger partial charge in [-0.15, -0.1) is 5.10 Å². The molecular formula is C13H20N6O2. The van der Waals surface area contributed by atoms with Gasteiger partial charge in [0.1, 0.15) is 0 Å². The summed E-state index contributed by atoms with van der Waals surface area (Å²) >= 11 is 0. The fourth-order valence-corrected chi connectivity index (χ4v) is 1.92. The Bertz CT molecular complexity index is 616. The SMILES string of the molecule is CCOC(=O)c1nnn(Cc2ccn(C(C)C)n2)c1CN. The summed E-state index contributed by atoms with van der Waals surface area (Å²) in [4.78, 5) is 11.8. The van der Waals surface area contributed by atoms with Crippen molar-refractivity contribution in [2.45, 2.75) is 39.9 Å². The summed E-state index contributed by atoms with van der Waals surface area (Å²) in [6, 6.07) is 2.20. The van der Waals surface area contributed by atoms with Crippen molar-refractivity contribution in [2.24, 2.45) is 5.73 Å². The first kappa shape index (κ1) is 15.2. The van der Waals surface area contributed by atoms with Crippen LogP contribution in [0.25, 0.3) is 0 Å². The van der Waals surface area contributed by atoms with E-state index in [1.165, 1.54) is 0 Å². The minimum Gasteiger partial charge on any atom is -0.461 e. The standard InChI is InChI=1S/C13H20N6O2/c1-4-21-13(20)12-11(7-14)19(17-15-12)8-10-5-6-18(16-10)9(2)3/h5-6,9H,4,7-8,14H2,1-3H3. The van der Waals surface area contributed by atoms with Crippen molar-refractivity contribution >= 4 is 5.97 Å². The van der Waals surface area contributed by atoms with Crippen LogP contribution in [0.15, 0.2) is 12.3 Å². The van der Waals surface area contributed by atoms with E-state index in [-0.39, 0.29) is 18.8 Å². The molecule has 2 aromatic rings. The molecule has 8 nitrogen and oxygen atoms in total. The van der Waals surface area contributed by atoms with Gasteiger partial charge in [0.05, 0.1) is 24.5 Å². The minimum atomic E-state index is -0.503. The topological polar surface area (TPSA) is 101 Å². The molecule has 0 bridgehead atoms.